The number of amides is 1. The predicted octanol–water partition coefficient (Wildman–Crippen LogP) is 1.34. The van der Waals surface area contributed by atoms with Gasteiger partial charge in [-0.05, 0) is 30.7 Å². The van der Waals surface area contributed by atoms with Gasteiger partial charge in [-0.3, -0.25) is 4.79 Å². The molecule has 0 saturated heterocycles. The maximum absolute atomic E-state index is 12.0. The molecule has 0 aliphatic rings. The first-order valence-electron chi connectivity index (χ1n) is 5.70. The molecule has 1 amide bonds. The van der Waals surface area contributed by atoms with Gasteiger partial charge < -0.3 is 5.32 Å². The van der Waals surface area contributed by atoms with Crippen molar-refractivity contribution in [2.24, 2.45) is 5.14 Å². The van der Waals surface area contributed by atoms with E-state index in [-0.39, 0.29) is 9.92 Å². The van der Waals surface area contributed by atoms with Crippen molar-refractivity contribution in [2.45, 2.75) is 11.8 Å². The fourth-order valence-corrected chi connectivity index (χ4v) is 2.65. The maximum atomic E-state index is 12.0. The number of primary sulfonamides is 1. The highest BCUT2D eigenvalue weighted by Gasteiger charge is 2.16. The van der Waals surface area contributed by atoms with Gasteiger partial charge in [0.15, 0.2) is 0 Å². The summed E-state index contributed by atoms with van der Waals surface area (Å²) in [6.45, 7) is 1.61. The normalized spacial score (nSPS) is 11.2. The molecule has 1 aromatic carbocycles. The molecule has 0 radical (unpaired) electrons. The van der Waals surface area contributed by atoms with Crippen molar-refractivity contribution < 1.29 is 13.2 Å². The van der Waals surface area contributed by atoms with Gasteiger partial charge in [0.05, 0.1) is 33.6 Å². The second-order valence-electron chi connectivity index (χ2n) is 4.23. The number of anilines is 1. The second-order valence-corrected chi connectivity index (χ2v) is 6.20. The van der Waals surface area contributed by atoms with Crippen LogP contribution in [0, 0.1) is 6.92 Å². The van der Waals surface area contributed by atoms with Crippen LogP contribution < -0.4 is 10.5 Å². The molecular formula is C12H11ClN4O3S. The van der Waals surface area contributed by atoms with E-state index in [0.29, 0.717) is 16.8 Å². The summed E-state index contributed by atoms with van der Waals surface area (Å²) in [5.41, 5.74) is 1.09. The highest BCUT2D eigenvalue weighted by atomic mass is 35.5. The van der Waals surface area contributed by atoms with Gasteiger partial charge in [0.1, 0.15) is 0 Å². The maximum Gasteiger partial charge on any atom is 0.257 e. The summed E-state index contributed by atoms with van der Waals surface area (Å²) in [6.07, 6.45) is 2.69. The summed E-state index contributed by atoms with van der Waals surface area (Å²) in [5.74, 6) is -0.432. The number of nitrogens with zero attached hydrogens (tertiary/aromatic N) is 2. The van der Waals surface area contributed by atoms with Gasteiger partial charge in [-0.15, -0.1) is 0 Å². The van der Waals surface area contributed by atoms with Crippen LogP contribution in [0.1, 0.15) is 15.9 Å². The molecule has 0 aliphatic heterocycles. The van der Waals surface area contributed by atoms with Crippen molar-refractivity contribution >= 4 is 33.2 Å². The van der Waals surface area contributed by atoms with Crippen molar-refractivity contribution in [1.29, 1.82) is 0 Å². The molecule has 7 nitrogen and oxygen atoms in total. The standard InChI is InChI=1S/C12H11ClN4O3S/c1-7-4-9(21(14,19)20)5-10(13)11(7)17-12(18)8-2-3-15-16-6-8/h2-6H,1H3,(H,17,18)(H2,14,19,20). The molecule has 3 N–H and O–H groups in total. The Balaban J connectivity index is 2.36. The Morgan fingerprint density at radius 1 is 1.33 bits per heavy atom. The largest absolute Gasteiger partial charge is 0.320 e. The summed E-state index contributed by atoms with van der Waals surface area (Å²) >= 11 is 6.01. The second kappa shape index (κ2) is 5.76. The van der Waals surface area contributed by atoms with Gasteiger partial charge in [-0.1, -0.05) is 11.6 Å². The molecule has 0 atom stereocenters. The molecule has 0 aliphatic carbocycles. The lowest BCUT2D eigenvalue weighted by Crippen LogP contribution is -2.15. The third kappa shape index (κ3) is 3.54. The molecule has 110 valence electrons. The SMILES string of the molecule is Cc1cc(S(N)(=O)=O)cc(Cl)c1NC(=O)c1ccnnc1. The number of halogens is 1. The van der Waals surface area contributed by atoms with Gasteiger partial charge in [-0.2, -0.15) is 10.2 Å². The summed E-state index contributed by atoms with van der Waals surface area (Å²) in [6, 6.07) is 4.01. The van der Waals surface area contributed by atoms with E-state index in [4.69, 9.17) is 16.7 Å². The van der Waals surface area contributed by atoms with E-state index in [2.05, 4.69) is 15.5 Å². The highest BCUT2D eigenvalue weighted by molar-refractivity contribution is 7.89. The van der Waals surface area contributed by atoms with Gasteiger partial charge in [0.2, 0.25) is 10.0 Å². The molecule has 2 rings (SSSR count). The molecule has 0 unspecified atom stereocenters. The summed E-state index contributed by atoms with van der Waals surface area (Å²) in [7, 11) is -3.86. The molecule has 1 aromatic heterocycles. The number of carbonyl (C=O) groups is 1. The Morgan fingerprint density at radius 2 is 2.05 bits per heavy atom. The topological polar surface area (TPSA) is 115 Å². The lowest BCUT2D eigenvalue weighted by Gasteiger charge is -2.12. The van der Waals surface area contributed by atoms with Crippen molar-refractivity contribution in [3.8, 4) is 0 Å². The van der Waals surface area contributed by atoms with Crippen LogP contribution in [-0.4, -0.2) is 24.5 Å². The van der Waals surface area contributed by atoms with E-state index in [9.17, 15) is 13.2 Å². The number of aryl methyl sites for hydroxylation is 1. The zero-order valence-electron chi connectivity index (χ0n) is 10.9. The number of rotatable bonds is 3. The number of hydrogen-bond donors (Lipinski definition) is 2. The quantitative estimate of drug-likeness (QED) is 0.883. The average Bonchev–Trinajstić information content (AvgIpc) is 2.42. The summed E-state index contributed by atoms with van der Waals surface area (Å²) < 4.78 is 22.6. The fourth-order valence-electron chi connectivity index (χ4n) is 1.65. The number of nitrogens with two attached hydrogens (primary N) is 1. The van der Waals surface area contributed by atoms with E-state index >= 15 is 0 Å². The minimum atomic E-state index is -3.86. The fraction of sp³-hybridized carbons (Fsp3) is 0.0833. The minimum absolute atomic E-state index is 0.0781. The van der Waals surface area contributed by atoms with Crippen LogP contribution in [0.5, 0.6) is 0 Å². The smallest absolute Gasteiger partial charge is 0.257 e. The van der Waals surface area contributed by atoms with Gasteiger partial charge in [0.25, 0.3) is 5.91 Å². The number of sulfonamides is 1. The molecule has 2 aromatic rings. The molecule has 0 spiro atoms. The van der Waals surface area contributed by atoms with Crippen LogP contribution in [0.15, 0.2) is 35.5 Å². The third-order valence-corrected chi connectivity index (χ3v) is 3.87. The molecule has 9 heteroatoms. The third-order valence-electron chi connectivity index (χ3n) is 2.67. The lowest BCUT2D eigenvalue weighted by atomic mass is 10.2. The van der Waals surface area contributed by atoms with E-state index in [1.807, 2.05) is 0 Å². The first-order chi connectivity index (χ1) is 9.79. The van der Waals surface area contributed by atoms with Crippen molar-refractivity contribution in [3.05, 3.63) is 46.7 Å². The van der Waals surface area contributed by atoms with Gasteiger partial charge in [0, 0.05) is 0 Å². The van der Waals surface area contributed by atoms with Crippen LogP contribution in [0.2, 0.25) is 5.02 Å². The lowest BCUT2D eigenvalue weighted by molar-refractivity contribution is 0.102. The summed E-state index contributed by atoms with van der Waals surface area (Å²) in [4.78, 5) is 11.9. The van der Waals surface area contributed by atoms with E-state index in [0.717, 1.165) is 0 Å². The van der Waals surface area contributed by atoms with E-state index in [1.54, 1.807) is 6.92 Å². The van der Waals surface area contributed by atoms with Crippen molar-refractivity contribution in [2.75, 3.05) is 5.32 Å². The number of nitrogens with one attached hydrogen (secondary N) is 1. The molecule has 0 saturated carbocycles. The molecule has 21 heavy (non-hydrogen) atoms. The van der Waals surface area contributed by atoms with Crippen LogP contribution >= 0.6 is 11.6 Å². The molecule has 1 heterocycles. The Kier molecular flexibility index (Phi) is 4.21. The number of benzene rings is 1. The zero-order valence-corrected chi connectivity index (χ0v) is 12.4. The van der Waals surface area contributed by atoms with Crippen LogP contribution in [0.3, 0.4) is 0 Å². The van der Waals surface area contributed by atoms with Crippen molar-refractivity contribution in [1.82, 2.24) is 10.2 Å². The Bertz CT molecular complexity index is 770. The van der Waals surface area contributed by atoms with Gasteiger partial charge in [-0.25, -0.2) is 13.6 Å². The van der Waals surface area contributed by atoms with E-state index in [1.165, 1.54) is 30.6 Å². The first kappa shape index (κ1) is 15.4. The molecule has 0 bridgehead atoms. The highest BCUT2D eigenvalue weighted by Crippen LogP contribution is 2.29. The molecule has 0 fully saturated rings. The van der Waals surface area contributed by atoms with Crippen LogP contribution in [0.4, 0.5) is 5.69 Å². The average molecular weight is 327 g/mol. The Labute approximate surface area is 126 Å². The van der Waals surface area contributed by atoms with Crippen molar-refractivity contribution in [3.63, 3.8) is 0 Å². The molecular weight excluding hydrogens is 316 g/mol. The Hall–Kier alpha value is -2.03. The predicted molar refractivity (Wildman–Crippen MR) is 77.5 cm³/mol. The first-order valence-corrected chi connectivity index (χ1v) is 7.62. The monoisotopic (exact) mass is 326 g/mol. The summed E-state index contributed by atoms with van der Waals surface area (Å²) in [5, 5.41) is 14.9. The van der Waals surface area contributed by atoms with Crippen LogP contribution in [-0.2, 0) is 10.0 Å². The zero-order chi connectivity index (χ0) is 15.6. The van der Waals surface area contributed by atoms with Crippen LogP contribution in [0.25, 0.3) is 0 Å². The number of carbonyl (C=O) groups excluding carboxylic acids is 1. The number of aromatic nitrogens is 2. The van der Waals surface area contributed by atoms with E-state index < -0.39 is 15.9 Å². The minimum Gasteiger partial charge on any atom is -0.320 e. The Morgan fingerprint density at radius 3 is 2.57 bits per heavy atom. The van der Waals surface area contributed by atoms with Gasteiger partial charge >= 0.3 is 0 Å². The number of hydrogen-bond acceptors (Lipinski definition) is 5.